The third kappa shape index (κ3) is 3.49. The van der Waals surface area contributed by atoms with Crippen LogP contribution in [0, 0.1) is 11.3 Å². The van der Waals surface area contributed by atoms with Gasteiger partial charge in [-0.3, -0.25) is 4.79 Å². The minimum absolute atomic E-state index is 0.0483. The molecule has 0 aliphatic carbocycles. The third-order valence-corrected chi connectivity index (χ3v) is 5.04. The SMILES string of the molecule is CNC(=O)C1CCCN(c2ncnc3c2ncn3CC(C)(CO)CO)C1. The molecule has 9 heteroatoms. The fourth-order valence-corrected chi connectivity index (χ4v) is 3.36. The van der Waals surface area contributed by atoms with Gasteiger partial charge in [0.1, 0.15) is 6.33 Å². The monoisotopic (exact) mass is 362 g/mol. The van der Waals surface area contributed by atoms with E-state index >= 15 is 0 Å². The lowest BCUT2D eigenvalue weighted by atomic mass is 9.93. The van der Waals surface area contributed by atoms with Gasteiger partial charge < -0.3 is 25.0 Å². The van der Waals surface area contributed by atoms with Crippen LogP contribution in [0.2, 0.25) is 0 Å². The maximum atomic E-state index is 12.0. The molecule has 2 aromatic rings. The molecule has 0 aromatic carbocycles. The van der Waals surface area contributed by atoms with Gasteiger partial charge >= 0.3 is 0 Å². The van der Waals surface area contributed by atoms with Crippen molar-refractivity contribution in [1.29, 1.82) is 0 Å². The van der Waals surface area contributed by atoms with E-state index in [0.717, 1.165) is 25.2 Å². The topological polar surface area (TPSA) is 116 Å². The number of nitrogens with one attached hydrogen (secondary N) is 1. The van der Waals surface area contributed by atoms with Crippen molar-refractivity contribution in [2.75, 3.05) is 38.3 Å². The van der Waals surface area contributed by atoms with Crippen LogP contribution in [0.4, 0.5) is 5.82 Å². The summed E-state index contributed by atoms with van der Waals surface area (Å²) in [5.74, 6) is 0.706. The van der Waals surface area contributed by atoms with Crippen LogP contribution >= 0.6 is 0 Å². The Hall–Kier alpha value is -2.26. The third-order valence-electron chi connectivity index (χ3n) is 5.04. The molecule has 142 valence electrons. The Morgan fingerprint density at radius 3 is 2.81 bits per heavy atom. The van der Waals surface area contributed by atoms with Crippen LogP contribution in [0.5, 0.6) is 0 Å². The second-order valence-electron chi connectivity index (χ2n) is 7.27. The first kappa shape index (κ1) is 18.5. The Balaban J connectivity index is 1.90. The number of anilines is 1. The van der Waals surface area contributed by atoms with Gasteiger partial charge in [-0.1, -0.05) is 6.92 Å². The molecule has 0 bridgehead atoms. The second-order valence-corrected chi connectivity index (χ2v) is 7.27. The standard InChI is InChI=1S/C17H26N6O3/c1-17(8-24,9-25)7-23-11-21-13-14(19-10-20-15(13)23)22-5-3-4-12(6-22)16(26)18-2/h10-12,24-25H,3-9H2,1-2H3,(H,18,26). The van der Waals surface area contributed by atoms with Gasteiger partial charge in [0, 0.05) is 32.1 Å². The number of rotatable bonds is 6. The van der Waals surface area contributed by atoms with Crippen molar-refractivity contribution in [2.24, 2.45) is 11.3 Å². The second kappa shape index (κ2) is 7.55. The summed E-state index contributed by atoms with van der Waals surface area (Å²) in [5.41, 5.74) is 0.669. The zero-order valence-electron chi connectivity index (χ0n) is 15.2. The van der Waals surface area contributed by atoms with Gasteiger partial charge in [-0.15, -0.1) is 0 Å². The Bertz CT molecular complexity index is 773. The van der Waals surface area contributed by atoms with Crippen molar-refractivity contribution in [1.82, 2.24) is 24.8 Å². The summed E-state index contributed by atoms with van der Waals surface area (Å²) in [7, 11) is 1.66. The first-order chi connectivity index (χ1) is 12.5. The molecule has 3 N–H and O–H groups in total. The summed E-state index contributed by atoms with van der Waals surface area (Å²) in [6, 6.07) is 0. The number of aliphatic hydroxyl groups is 2. The highest BCUT2D eigenvalue weighted by molar-refractivity contribution is 5.84. The van der Waals surface area contributed by atoms with E-state index in [1.165, 1.54) is 6.33 Å². The van der Waals surface area contributed by atoms with E-state index < -0.39 is 5.41 Å². The maximum Gasteiger partial charge on any atom is 0.224 e. The largest absolute Gasteiger partial charge is 0.396 e. The van der Waals surface area contributed by atoms with E-state index in [-0.39, 0.29) is 25.0 Å². The molecule has 0 radical (unpaired) electrons. The van der Waals surface area contributed by atoms with Gasteiger partial charge in [0.2, 0.25) is 5.91 Å². The highest BCUT2D eigenvalue weighted by Gasteiger charge is 2.29. The molecule has 3 heterocycles. The lowest BCUT2D eigenvalue weighted by molar-refractivity contribution is -0.124. The molecule has 2 aromatic heterocycles. The molecule has 1 saturated heterocycles. The zero-order chi connectivity index (χ0) is 18.7. The Labute approximate surface area is 152 Å². The maximum absolute atomic E-state index is 12.0. The van der Waals surface area contributed by atoms with E-state index in [2.05, 4.69) is 25.2 Å². The molecule has 0 saturated carbocycles. The number of carbonyl (C=O) groups is 1. The highest BCUT2D eigenvalue weighted by atomic mass is 16.3. The van der Waals surface area contributed by atoms with E-state index in [4.69, 9.17) is 0 Å². The summed E-state index contributed by atoms with van der Waals surface area (Å²) in [6.07, 6.45) is 4.93. The van der Waals surface area contributed by atoms with Crippen molar-refractivity contribution in [3.8, 4) is 0 Å². The summed E-state index contributed by atoms with van der Waals surface area (Å²) >= 11 is 0. The minimum Gasteiger partial charge on any atom is -0.396 e. The lowest BCUT2D eigenvalue weighted by Crippen LogP contribution is -2.42. The van der Waals surface area contributed by atoms with Crippen molar-refractivity contribution >= 4 is 22.9 Å². The molecule has 3 rings (SSSR count). The molecule has 1 unspecified atom stereocenters. The Morgan fingerprint density at radius 1 is 1.35 bits per heavy atom. The van der Waals surface area contributed by atoms with Crippen LogP contribution in [0.3, 0.4) is 0 Å². The lowest BCUT2D eigenvalue weighted by Gasteiger charge is -2.32. The fraction of sp³-hybridized carbons (Fsp3) is 0.647. The molecular weight excluding hydrogens is 336 g/mol. The quantitative estimate of drug-likeness (QED) is 0.650. The van der Waals surface area contributed by atoms with Crippen molar-refractivity contribution in [3.63, 3.8) is 0 Å². The molecular formula is C17H26N6O3. The van der Waals surface area contributed by atoms with E-state index in [1.54, 1.807) is 20.3 Å². The molecule has 1 atom stereocenters. The smallest absolute Gasteiger partial charge is 0.224 e. The minimum atomic E-state index is -0.659. The molecule has 1 fully saturated rings. The van der Waals surface area contributed by atoms with E-state index in [1.807, 2.05) is 4.57 Å². The average Bonchev–Trinajstić information content (AvgIpc) is 3.10. The number of piperidine rings is 1. The van der Waals surface area contributed by atoms with Crippen LogP contribution in [0.25, 0.3) is 11.2 Å². The molecule has 0 spiro atoms. The number of imidazole rings is 1. The number of aliphatic hydroxyl groups excluding tert-OH is 2. The van der Waals surface area contributed by atoms with Gasteiger partial charge in [0.25, 0.3) is 0 Å². The molecule has 26 heavy (non-hydrogen) atoms. The van der Waals surface area contributed by atoms with Gasteiger partial charge in [0.05, 0.1) is 25.5 Å². The van der Waals surface area contributed by atoms with Crippen LogP contribution in [0.15, 0.2) is 12.7 Å². The fourth-order valence-electron chi connectivity index (χ4n) is 3.36. The number of aromatic nitrogens is 4. The summed E-state index contributed by atoms with van der Waals surface area (Å²) in [5, 5.41) is 21.8. The van der Waals surface area contributed by atoms with Gasteiger partial charge in [0.15, 0.2) is 17.0 Å². The number of hydrogen-bond acceptors (Lipinski definition) is 7. The van der Waals surface area contributed by atoms with Gasteiger partial charge in [-0.05, 0) is 12.8 Å². The molecule has 1 amide bonds. The summed E-state index contributed by atoms with van der Waals surface area (Å²) in [4.78, 5) is 27.3. The molecule has 1 aliphatic heterocycles. The number of nitrogens with zero attached hydrogens (tertiary/aromatic N) is 5. The number of carbonyl (C=O) groups excluding carboxylic acids is 1. The van der Waals surface area contributed by atoms with Gasteiger partial charge in [-0.2, -0.15) is 0 Å². The van der Waals surface area contributed by atoms with Crippen LogP contribution in [-0.2, 0) is 11.3 Å². The zero-order valence-corrected chi connectivity index (χ0v) is 15.2. The Kier molecular flexibility index (Phi) is 5.38. The van der Waals surface area contributed by atoms with Crippen molar-refractivity contribution < 1.29 is 15.0 Å². The first-order valence-corrected chi connectivity index (χ1v) is 8.85. The summed E-state index contributed by atoms with van der Waals surface area (Å²) < 4.78 is 1.83. The van der Waals surface area contributed by atoms with E-state index in [0.29, 0.717) is 24.3 Å². The highest BCUT2D eigenvalue weighted by Crippen LogP contribution is 2.28. The van der Waals surface area contributed by atoms with Crippen LogP contribution in [0.1, 0.15) is 19.8 Å². The van der Waals surface area contributed by atoms with Crippen molar-refractivity contribution in [2.45, 2.75) is 26.3 Å². The van der Waals surface area contributed by atoms with E-state index in [9.17, 15) is 15.0 Å². The first-order valence-electron chi connectivity index (χ1n) is 8.85. The van der Waals surface area contributed by atoms with Crippen molar-refractivity contribution in [3.05, 3.63) is 12.7 Å². The number of fused-ring (bicyclic) bond motifs is 1. The predicted octanol–water partition coefficient (Wildman–Crippen LogP) is -0.220. The molecule has 9 nitrogen and oxygen atoms in total. The van der Waals surface area contributed by atoms with Crippen LogP contribution < -0.4 is 10.2 Å². The Morgan fingerprint density at radius 2 is 2.12 bits per heavy atom. The summed E-state index contributed by atoms with van der Waals surface area (Å²) in [6.45, 7) is 3.34. The predicted molar refractivity (Wildman–Crippen MR) is 96.6 cm³/mol. The normalized spacial score (nSPS) is 18.3. The molecule has 1 aliphatic rings. The number of hydrogen-bond donors (Lipinski definition) is 3. The van der Waals surface area contributed by atoms with Gasteiger partial charge in [-0.25, -0.2) is 15.0 Å². The average molecular weight is 362 g/mol. The number of amides is 1. The van der Waals surface area contributed by atoms with Crippen LogP contribution in [-0.4, -0.2) is 69.0 Å².